The molecule has 0 aliphatic carbocycles. The van der Waals surface area contributed by atoms with Crippen LogP contribution in [0.5, 0.6) is 0 Å². The number of hydrogen-bond donors (Lipinski definition) is 3. The maximum absolute atomic E-state index is 12.9. The molecule has 3 N–H and O–H groups in total. The number of nitrogens with one attached hydrogen (secondary N) is 3. The average molecular weight is 438 g/mol. The van der Waals surface area contributed by atoms with Crippen molar-refractivity contribution in [1.29, 1.82) is 0 Å². The van der Waals surface area contributed by atoms with Crippen molar-refractivity contribution >= 4 is 62.2 Å². The van der Waals surface area contributed by atoms with Crippen molar-refractivity contribution in [3.05, 3.63) is 60.3 Å². The van der Waals surface area contributed by atoms with Gasteiger partial charge in [0.15, 0.2) is 10.1 Å². The number of anilines is 3. The summed E-state index contributed by atoms with van der Waals surface area (Å²) in [5.41, 5.74) is 3.12. The number of ketones is 1. The molecule has 0 aliphatic rings. The van der Waals surface area contributed by atoms with Crippen LogP contribution in [0.3, 0.4) is 0 Å². The smallest absolute Gasteiger partial charge is 0.221 e. The van der Waals surface area contributed by atoms with E-state index in [0.29, 0.717) is 20.7 Å². The monoisotopic (exact) mass is 437 g/mol. The number of carbonyl (C=O) groups is 2. The zero-order valence-electron chi connectivity index (χ0n) is 16.3. The number of thioether (sulfide) groups is 1. The van der Waals surface area contributed by atoms with Gasteiger partial charge in [0.05, 0.1) is 5.25 Å². The van der Waals surface area contributed by atoms with Gasteiger partial charge in [-0.05, 0) is 31.2 Å². The molecule has 0 radical (unpaired) electrons. The standard InChI is InChI=1S/C21H19N5O2S2/c1-12(19(28)17-11-22-18-9-4-3-8-16(17)18)29-21-26-25-20(30-21)24-15-7-5-6-14(10-15)23-13(2)27/h3-12,22H,1-2H3,(H,23,27)(H,24,25). The minimum Gasteiger partial charge on any atom is -0.360 e. The van der Waals surface area contributed by atoms with Crippen LogP contribution >= 0.6 is 23.1 Å². The Kier molecular flexibility index (Phi) is 5.82. The van der Waals surface area contributed by atoms with E-state index in [1.807, 2.05) is 55.5 Å². The van der Waals surface area contributed by atoms with Gasteiger partial charge in [0, 0.05) is 41.0 Å². The zero-order valence-corrected chi connectivity index (χ0v) is 17.9. The molecule has 0 bridgehead atoms. The fraction of sp³-hybridized carbons (Fsp3) is 0.143. The zero-order chi connectivity index (χ0) is 21.1. The average Bonchev–Trinajstić information content (AvgIpc) is 3.34. The molecular weight excluding hydrogens is 418 g/mol. The molecule has 0 saturated carbocycles. The van der Waals surface area contributed by atoms with Gasteiger partial charge >= 0.3 is 0 Å². The van der Waals surface area contributed by atoms with E-state index in [1.165, 1.54) is 30.0 Å². The van der Waals surface area contributed by atoms with Crippen molar-refractivity contribution in [2.45, 2.75) is 23.4 Å². The van der Waals surface area contributed by atoms with Crippen LogP contribution in [0.15, 0.2) is 59.1 Å². The number of nitrogens with zero attached hydrogens (tertiary/aromatic N) is 2. The van der Waals surface area contributed by atoms with Crippen LogP contribution in [0.2, 0.25) is 0 Å². The van der Waals surface area contributed by atoms with Gasteiger partial charge < -0.3 is 15.6 Å². The van der Waals surface area contributed by atoms with Gasteiger partial charge in [0.25, 0.3) is 0 Å². The Morgan fingerprint density at radius 3 is 2.73 bits per heavy atom. The lowest BCUT2D eigenvalue weighted by Gasteiger charge is -2.07. The number of benzene rings is 2. The largest absolute Gasteiger partial charge is 0.360 e. The molecule has 0 fully saturated rings. The van der Waals surface area contributed by atoms with E-state index < -0.39 is 0 Å². The fourth-order valence-corrected chi connectivity index (χ4v) is 4.99. The Balaban J connectivity index is 1.43. The number of Topliss-reactive ketones (excluding diaryl/α,β-unsaturated/α-hetero) is 1. The Morgan fingerprint density at radius 1 is 1.10 bits per heavy atom. The van der Waals surface area contributed by atoms with Crippen molar-refractivity contribution in [3.8, 4) is 0 Å². The van der Waals surface area contributed by atoms with Gasteiger partial charge in [0.2, 0.25) is 11.0 Å². The van der Waals surface area contributed by atoms with Crippen LogP contribution in [0.1, 0.15) is 24.2 Å². The van der Waals surface area contributed by atoms with Crippen LogP contribution < -0.4 is 10.6 Å². The van der Waals surface area contributed by atoms with E-state index in [1.54, 1.807) is 6.20 Å². The summed E-state index contributed by atoms with van der Waals surface area (Å²) in [6, 6.07) is 15.1. The molecule has 0 saturated heterocycles. The predicted molar refractivity (Wildman–Crippen MR) is 122 cm³/mol. The molecule has 0 aliphatic heterocycles. The third-order valence-corrected chi connectivity index (χ3v) is 6.37. The second-order valence-electron chi connectivity index (χ2n) is 6.63. The first-order chi connectivity index (χ1) is 14.5. The first-order valence-corrected chi connectivity index (χ1v) is 10.9. The lowest BCUT2D eigenvalue weighted by atomic mass is 10.1. The summed E-state index contributed by atoms with van der Waals surface area (Å²) in [7, 11) is 0. The molecule has 1 unspecified atom stereocenters. The summed E-state index contributed by atoms with van der Waals surface area (Å²) in [5.74, 6) is -0.0826. The highest BCUT2D eigenvalue weighted by atomic mass is 32.2. The topological polar surface area (TPSA) is 99.8 Å². The van der Waals surface area contributed by atoms with E-state index in [-0.39, 0.29) is 16.9 Å². The highest BCUT2D eigenvalue weighted by Crippen LogP contribution is 2.33. The number of H-pyrrole nitrogens is 1. The second kappa shape index (κ2) is 8.68. The Labute approximate surface area is 181 Å². The lowest BCUT2D eigenvalue weighted by molar-refractivity contribution is -0.114. The summed E-state index contributed by atoms with van der Waals surface area (Å²) in [4.78, 5) is 27.3. The van der Waals surface area contributed by atoms with Gasteiger partial charge in [-0.25, -0.2) is 0 Å². The van der Waals surface area contributed by atoms with Crippen LogP contribution in [0, 0.1) is 0 Å². The number of hydrogen-bond acceptors (Lipinski definition) is 7. The van der Waals surface area contributed by atoms with E-state index in [9.17, 15) is 9.59 Å². The molecule has 152 valence electrons. The first-order valence-electron chi connectivity index (χ1n) is 9.25. The van der Waals surface area contributed by atoms with Gasteiger partial charge in [0.1, 0.15) is 0 Å². The van der Waals surface area contributed by atoms with Crippen molar-refractivity contribution < 1.29 is 9.59 Å². The number of aromatic nitrogens is 3. The summed E-state index contributed by atoms with van der Waals surface area (Å²) < 4.78 is 0.705. The Morgan fingerprint density at radius 2 is 1.90 bits per heavy atom. The number of aromatic amines is 1. The predicted octanol–water partition coefficient (Wildman–Crippen LogP) is 5.08. The van der Waals surface area contributed by atoms with Crippen molar-refractivity contribution in [3.63, 3.8) is 0 Å². The van der Waals surface area contributed by atoms with Crippen LogP contribution in [-0.2, 0) is 4.79 Å². The highest BCUT2D eigenvalue weighted by Gasteiger charge is 2.21. The third-order valence-electron chi connectivity index (χ3n) is 4.34. The fourth-order valence-electron chi connectivity index (χ4n) is 3.01. The SMILES string of the molecule is CC(=O)Nc1cccc(Nc2nnc(SC(C)C(=O)c3c[nH]c4ccccc34)s2)c1. The van der Waals surface area contributed by atoms with Crippen LogP contribution in [0.4, 0.5) is 16.5 Å². The molecule has 1 atom stereocenters. The number of carbonyl (C=O) groups excluding carboxylic acids is 2. The van der Waals surface area contributed by atoms with Crippen molar-refractivity contribution in [1.82, 2.24) is 15.2 Å². The molecule has 4 aromatic rings. The quantitative estimate of drug-likeness (QED) is 0.275. The van der Waals surface area contributed by atoms with Crippen LogP contribution in [0.25, 0.3) is 10.9 Å². The molecule has 2 aromatic heterocycles. The van der Waals surface area contributed by atoms with E-state index in [4.69, 9.17) is 0 Å². The summed E-state index contributed by atoms with van der Waals surface area (Å²) in [5, 5.41) is 15.5. The summed E-state index contributed by atoms with van der Waals surface area (Å²) in [6.45, 7) is 3.34. The van der Waals surface area contributed by atoms with Gasteiger partial charge in [-0.1, -0.05) is 47.4 Å². The van der Waals surface area contributed by atoms with E-state index in [2.05, 4.69) is 25.8 Å². The minimum atomic E-state index is -0.298. The molecule has 2 heterocycles. The normalized spacial score (nSPS) is 11.9. The maximum Gasteiger partial charge on any atom is 0.221 e. The van der Waals surface area contributed by atoms with E-state index >= 15 is 0 Å². The third kappa shape index (κ3) is 4.52. The number of para-hydroxylation sites is 1. The molecule has 30 heavy (non-hydrogen) atoms. The van der Waals surface area contributed by atoms with Gasteiger partial charge in [-0.3, -0.25) is 9.59 Å². The van der Waals surface area contributed by atoms with Gasteiger partial charge in [-0.2, -0.15) is 0 Å². The lowest BCUT2D eigenvalue weighted by Crippen LogP contribution is -2.12. The molecule has 1 amide bonds. The second-order valence-corrected chi connectivity index (χ2v) is 9.20. The van der Waals surface area contributed by atoms with Crippen LogP contribution in [-0.4, -0.2) is 32.1 Å². The Hall–Kier alpha value is -3.17. The highest BCUT2D eigenvalue weighted by molar-refractivity contribution is 8.02. The first kappa shape index (κ1) is 20.1. The van der Waals surface area contributed by atoms with Crippen molar-refractivity contribution in [2.24, 2.45) is 0 Å². The van der Waals surface area contributed by atoms with Crippen molar-refractivity contribution in [2.75, 3.05) is 10.6 Å². The molecule has 7 nitrogen and oxygen atoms in total. The number of fused-ring (bicyclic) bond motifs is 1. The molecule has 0 spiro atoms. The summed E-state index contributed by atoms with van der Waals surface area (Å²) in [6.07, 6.45) is 1.76. The maximum atomic E-state index is 12.9. The summed E-state index contributed by atoms with van der Waals surface area (Å²) >= 11 is 2.76. The molecule has 4 rings (SSSR count). The minimum absolute atomic E-state index is 0.0465. The molecule has 2 aromatic carbocycles. The number of amides is 1. The van der Waals surface area contributed by atoms with E-state index in [0.717, 1.165) is 16.6 Å². The van der Waals surface area contributed by atoms with Gasteiger partial charge in [-0.15, -0.1) is 10.2 Å². The molecular formula is C21H19N5O2S2. The Bertz CT molecular complexity index is 1220. The molecule has 9 heteroatoms. The number of rotatable bonds is 7.